The predicted molar refractivity (Wildman–Crippen MR) is 111 cm³/mol. The van der Waals surface area contributed by atoms with Gasteiger partial charge in [0.1, 0.15) is 11.8 Å². The molecule has 1 aromatic rings. The molecule has 3 rings (SSSR count). The zero-order valence-corrected chi connectivity index (χ0v) is 17.4. The molecule has 2 fully saturated rings. The maximum atomic E-state index is 12.9. The molecule has 1 saturated carbocycles. The number of amides is 3. The number of hydrogen-bond acceptors (Lipinski definition) is 4. The van der Waals surface area contributed by atoms with Crippen LogP contribution < -0.4 is 15.4 Å². The fourth-order valence-corrected chi connectivity index (χ4v) is 4.24. The number of piperazine rings is 1. The molecule has 1 heterocycles. The van der Waals surface area contributed by atoms with E-state index in [0.717, 1.165) is 31.4 Å². The van der Waals surface area contributed by atoms with Gasteiger partial charge in [0.25, 0.3) is 0 Å². The van der Waals surface area contributed by atoms with Gasteiger partial charge in [0, 0.05) is 17.6 Å². The van der Waals surface area contributed by atoms with Crippen molar-refractivity contribution in [3.05, 3.63) is 24.3 Å². The normalized spacial score (nSPS) is 23.9. The molecule has 1 aliphatic carbocycles. The van der Waals surface area contributed by atoms with Crippen LogP contribution in [0.1, 0.15) is 52.9 Å². The Morgan fingerprint density at radius 3 is 2.55 bits per heavy atom. The minimum Gasteiger partial charge on any atom is -0.494 e. The SMILES string of the molecule is CCOc1ccc(NC(=O)C[C@H]2C(=O)N[C@@H]3CCCC[C@@H]3N2C(=O)C(C)C)cc1. The topological polar surface area (TPSA) is 87.7 Å². The van der Waals surface area contributed by atoms with Crippen LogP contribution in [0.25, 0.3) is 0 Å². The second-order valence-corrected chi connectivity index (χ2v) is 8.09. The molecular formula is C22H31N3O4. The van der Waals surface area contributed by atoms with E-state index in [1.165, 1.54) is 0 Å². The fraction of sp³-hybridized carbons (Fsp3) is 0.591. The highest BCUT2D eigenvalue weighted by Crippen LogP contribution is 2.31. The van der Waals surface area contributed by atoms with E-state index < -0.39 is 6.04 Å². The van der Waals surface area contributed by atoms with E-state index in [1.807, 2.05) is 20.8 Å². The molecule has 0 aromatic heterocycles. The number of carbonyl (C=O) groups is 3. The summed E-state index contributed by atoms with van der Waals surface area (Å²) in [6, 6.07) is 6.29. The number of ether oxygens (including phenoxy) is 1. The number of nitrogens with zero attached hydrogens (tertiary/aromatic N) is 1. The number of rotatable bonds is 6. The molecule has 3 amide bonds. The number of hydrogen-bond donors (Lipinski definition) is 2. The average Bonchev–Trinajstić information content (AvgIpc) is 2.69. The molecule has 1 aromatic carbocycles. The second kappa shape index (κ2) is 9.29. The van der Waals surface area contributed by atoms with Crippen LogP contribution in [0.15, 0.2) is 24.3 Å². The third kappa shape index (κ3) is 4.89. The summed E-state index contributed by atoms with van der Waals surface area (Å²) in [5.74, 6) is -0.0703. The number of carbonyl (C=O) groups excluding carboxylic acids is 3. The fourth-order valence-electron chi connectivity index (χ4n) is 4.24. The maximum absolute atomic E-state index is 12.9. The summed E-state index contributed by atoms with van der Waals surface area (Å²) in [4.78, 5) is 40.1. The van der Waals surface area contributed by atoms with Crippen molar-refractivity contribution in [2.24, 2.45) is 5.92 Å². The van der Waals surface area contributed by atoms with Crippen LogP contribution in [0, 0.1) is 5.92 Å². The second-order valence-electron chi connectivity index (χ2n) is 8.09. The van der Waals surface area contributed by atoms with Crippen molar-refractivity contribution in [2.45, 2.75) is 71.0 Å². The van der Waals surface area contributed by atoms with Gasteiger partial charge in [0.2, 0.25) is 17.7 Å². The highest BCUT2D eigenvalue weighted by atomic mass is 16.5. The van der Waals surface area contributed by atoms with Crippen molar-refractivity contribution in [2.75, 3.05) is 11.9 Å². The average molecular weight is 402 g/mol. The molecule has 0 radical (unpaired) electrons. The van der Waals surface area contributed by atoms with E-state index in [2.05, 4.69) is 10.6 Å². The first kappa shape index (κ1) is 21.1. The standard InChI is InChI=1S/C22H31N3O4/c1-4-29-16-11-9-15(10-12-16)23-20(26)13-19-21(27)24-17-7-5-6-8-18(17)25(19)22(28)14(2)3/h9-12,14,17-19H,4-8,13H2,1-3H3,(H,23,26)(H,24,27)/t17-,18+,19+/m1/s1. The lowest BCUT2D eigenvalue weighted by molar-refractivity contribution is -0.154. The molecule has 2 N–H and O–H groups in total. The van der Waals surface area contributed by atoms with Crippen molar-refractivity contribution in [1.29, 1.82) is 0 Å². The summed E-state index contributed by atoms with van der Waals surface area (Å²) in [6.45, 7) is 6.16. The molecule has 7 nitrogen and oxygen atoms in total. The van der Waals surface area contributed by atoms with Crippen molar-refractivity contribution in [3.63, 3.8) is 0 Å². The lowest BCUT2D eigenvalue weighted by Crippen LogP contribution is -2.68. The summed E-state index contributed by atoms with van der Waals surface area (Å²) in [7, 11) is 0. The van der Waals surface area contributed by atoms with Gasteiger partial charge in [0.15, 0.2) is 0 Å². The molecule has 1 aliphatic heterocycles. The summed E-state index contributed by atoms with van der Waals surface area (Å²) in [5.41, 5.74) is 0.631. The van der Waals surface area contributed by atoms with E-state index in [0.29, 0.717) is 12.3 Å². The maximum Gasteiger partial charge on any atom is 0.243 e. The van der Waals surface area contributed by atoms with Gasteiger partial charge in [-0.25, -0.2) is 0 Å². The summed E-state index contributed by atoms with van der Waals surface area (Å²) in [5, 5.41) is 5.88. The number of nitrogens with one attached hydrogen (secondary N) is 2. The molecule has 3 atom stereocenters. The molecule has 2 aliphatic rings. The van der Waals surface area contributed by atoms with Gasteiger partial charge < -0.3 is 20.3 Å². The minimum absolute atomic E-state index is 0.00984. The molecule has 0 unspecified atom stereocenters. The molecule has 158 valence electrons. The lowest BCUT2D eigenvalue weighted by Gasteiger charge is -2.48. The van der Waals surface area contributed by atoms with Gasteiger partial charge >= 0.3 is 0 Å². The van der Waals surface area contributed by atoms with Crippen LogP contribution in [0.5, 0.6) is 5.75 Å². The Hall–Kier alpha value is -2.57. The van der Waals surface area contributed by atoms with E-state index in [-0.39, 0.29) is 42.1 Å². The van der Waals surface area contributed by atoms with Crippen LogP contribution in [-0.4, -0.2) is 47.4 Å². The monoisotopic (exact) mass is 401 g/mol. The first-order chi connectivity index (χ1) is 13.9. The molecule has 0 bridgehead atoms. The zero-order valence-electron chi connectivity index (χ0n) is 17.4. The van der Waals surface area contributed by atoms with Crippen LogP contribution >= 0.6 is 0 Å². The Bertz CT molecular complexity index is 747. The highest BCUT2D eigenvalue weighted by Gasteiger charge is 2.46. The van der Waals surface area contributed by atoms with Gasteiger partial charge in [0.05, 0.1) is 19.1 Å². The largest absolute Gasteiger partial charge is 0.494 e. The zero-order chi connectivity index (χ0) is 21.0. The Morgan fingerprint density at radius 2 is 1.90 bits per heavy atom. The number of anilines is 1. The summed E-state index contributed by atoms with van der Waals surface area (Å²) in [6.07, 6.45) is 3.77. The quantitative estimate of drug-likeness (QED) is 0.767. The Morgan fingerprint density at radius 1 is 1.21 bits per heavy atom. The van der Waals surface area contributed by atoms with Crippen molar-refractivity contribution >= 4 is 23.4 Å². The van der Waals surface area contributed by atoms with Gasteiger partial charge in [-0.1, -0.05) is 26.7 Å². The Balaban J connectivity index is 1.72. The van der Waals surface area contributed by atoms with Crippen LogP contribution in [0.3, 0.4) is 0 Å². The van der Waals surface area contributed by atoms with Crippen LogP contribution in [-0.2, 0) is 14.4 Å². The number of benzene rings is 1. The lowest BCUT2D eigenvalue weighted by atomic mass is 9.84. The Kier molecular flexibility index (Phi) is 6.77. The molecular weight excluding hydrogens is 370 g/mol. The Labute approximate surface area is 172 Å². The van der Waals surface area contributed by atoms with Gasteiger partial charge in [-0.3, -0.25) is 14.4 Å². The first-order valence-corrected chi connectivity index (χ1v) is 10.6. The minimum atomic E-state index is -0.771. The van der Waals surface area contributed by atoms with E-state index in [1.54, 1.807) is 29.2 Å². The van der Waals surface area contributed by atoms with Crippen molar-refractivity contribution < 1.29 is 19.1 Å². The number of fused-ring (bicyclic) bond motifs is 1. The predicted octanol–water partition coefficient (Wildman–Crippen LogP) is 2.71. The van der Waals surface area contributed by atoms with Crippen molar-refractivity contribution in [1.82, 2.24) is 10.2 Å². The molecule has 7 heteroatoms. The first-order valence-electron chi connectivity index (χ1n) is 10.6. The summed E-state index contributed by atoms with van der Waals surface area (Å²) >= 11 is 0. The van der Waals surface area contributed by atoms with E-state index >= 15 is 0 Å². The van der Waals surface area contributed by atoms with E-state index in [4.69, 9.17) is 4.74 Å². The third-order valence-electron chi connectivity index (χ3n) is 5.63. The summed E-state index contributed by atoms with van der Waals surface area (Å²) < 4.78 is 5.40. The van der Waals surface area contributed by atoms with Crippen LogP contribution in [0.4, 0.5) is 5.69 Å². The highest BCUT2D eigenvalue weighted by molar-refractivity contribution is 5.98. The molecule has 1 saturated heterocycles. The third-order valence-corrected chi connectivity index (χ3v) is 5.63. The van der Waals surface area contributed by atoms with Gasteiger partial charge in [-0.2, -0.15) is 0 Å². The molecule has 29 heavy (non-hydrogen) atoms. The van der Waals surface area contributed by atoms with Gasteiger partial charge in [-0.05, 0) is 44.0 Å². The molecule has 0 spiro atoms. The van der Waals surface area contributed by atoms with Crippen LogP contribution in [0.2, 0.25) is 0 Å². The smallest absolute Gasteiger partial charge is 0.243 e. The van der Waals surface area contributed by atoms with E-state index in [9.17, 15) is 14.4 Å². The van der Waals surface area contributed by atoms with Crippen molar-refractivity contribution in [3.8, 4) is 5.75 Å². The van der Waals surface area contributed by atoms with Gasteiger partial charge in [-0.15, -0.1) is 0 Å².